The highest BCUT2D eigenvalue weighted by Crippen LogP contribution is 2.30. The van der Waals surface area contributed by atoms with E-state index in [1.165, 1.54) is 30.3 Å². The molecule has 0 unspecified atom stereocenters. The lowest BCUT2D eigenvalue weighted by Gasteiger charge is -2.19. The molecule has 0 saturated carbocycles. The van der Waals surface area contributed by atoms with Gasteiger partial charge in [-0.25, -0.2) is 0 Å². The van der Waals surface area contributed by atoms with E-state index in [0.717, 1.165) is 25.9 Å². The first kappa shape index (κ1) is 22.5. The number of fused-ring (bicyclic) bond motifs is 2. The highest BCUT2D eigenvalue weighted by atomic mass is 32.2. The van der Waals surface area contributed by atoms with Gasteiger partial charge in [0.2, 0.25) is 0 Å². The van der Waals surface area contributed by atoms with Gasteiger partial charge in [-0.3, -0.25) is 14.9 Å². The third kappa shape index (κ3) is 4.94. The molecule has 0 radical (unpaired) electrons. The van der Waals surface area contributed by atoms with Crippen LogP contribution < -0.4 is 14.9 Å². The molecule has 0 aliphatic carbocycles. The average molecular weight is 449 g/mol. The minimum atomic E-state index is -3.77. The molecule has 0 spiro atoms. The van der Waals surface area contributed by atoms with Crippen molar-refractivity contribution in [1.29, 1.82) is 0 Å². The van der Waals surface area contributed by atoms with Crippen molar-refractivity contribution >= 4 is 43.3 Å². The van der Waals surface area contributed by atoms with Crippen LogP contribution in [0.25, 0.3) is 21.8 Å². The molecule has 0 fully saturated rings. The van der Waals surface area contributed by atoms with Crippen LogP contribution in [-0.2, 0) is 10.1 Å². The normalized spacial score (nSPS) is 11.9. The van der Waals surface area contributed by atoms with Gasteiger partial charge in [0, 0.05) is 30.2 Å². The van der Waals surface area contributed by atoms with E-state index in [2.05, 4.69) is 29.0 Å². The maximum absolute atomic E-state index is 13.3. The van der Waals surface area contributed by atoms with Crippen LogP contribution in [0.4, 0.5) is 11.4 Å². The molecule has 0 aliphatic heterocycles. The van der Waals surface area contributed by atoms with Gasteiger partial charge in [-0.2, -0.15) is 8.42 Å². The molecule has 1 heterocycles. The summed E-state index contributed by atoms with van der Waals surface area (Å²) in [7, 11) is -3.77. The fourth-order valence-electron chi connectivity index (χ4n) is 3.46. The van der Waals surface area contributed by atoms with Crippen LogP contribution in [0.5, 0.6) is 5.75 Å². The maximum atomic E-state index is 13.3. The van der Waals surface area contributed by atoms with Gasteiger partial charge < -0.3 is 19.4 Å². The average Bonchev–Trinajstić information content (AvgIpc) is 2.70. The Labute approximate surface area is 179 Å². The van der Waals surface area contributed by atoms with Gasteiger partial charge >= 0.3 is 10.1 Å². The molecule has 0 amide bonds. The molecule has 1 aromatic heterocycles. The summed E-state index contributed by atoms with van der Waals surface area (Å²) in [6.45, 7) is 7.16. The van der Waals surface area contributed by atoms with Gasteiger partial charge in [-0.05, 0) is 37.4 Å². The fourth-order valence-corrected chi connectivity index (χ4v) is 3.91. The summed E-state index contributed by atoms with van der Waals surface area (Å²) < 4.78 is 27.7. The number of hydrogen-bond acceptors (Lipinski definition) is 8. The second-order valence-electron chi connectivity index (χ2n) is 7.04. The number of hydrogen-bond donors (Lipinski definition) is 2. The fraction of sp³-hybridized carbons (Fsp3) is 0.350. The molecule has 3 rings (SSSR count). The van der Waals surface area contributed by atoms with Gasteiger partial charge in [0.15, 0.2) is 5.43 Å². The van der Waals surface area contributed by atoms with Crippen LogP contribution in [0, 0.1) is 10.1 Å². The summed E-state index contributed by atoms with van der Waals surface area (Å²) >= 11 is 0. The molecular formula is C20H24N4O6S. The van der Waals surface area contributed by atoms with Gasteiger partial charge in [-0.1, -0.05) is 13.8 Å². The van der Waals surface area contributed by atoms with Gasteiger partial charge in [0.25, 0.3) is 5.69 Å². The SMILES string of the molecule is CCN(CC)CCNc1ccc([N+](=O)[O-])c2[nH]c3ccc(OS(C)(=O)=O)cc3c(=O)c12. The van der Waals surface area contributed by atoms with Crippen molar-refractivity contribution in [2.45, 2.75) is 13.8 Å². The Morgan fingerprint density at radius 3 is 2.52 bits per heavy atom. The minimum absolute atomic E-state index is 0.0127. The van der Waals surface area contributed by atoms with E-state index >= 15 is 0 Å². The Bertz CT molecular complexity index is 1300. The van der Waals surface area contributed by atoms with Crippen molar-refractivity contribution in [2.75, 3.05) is 37.8 Å². The number of rotatable bonds is 9. The van der Waals surface area contributed by atoms with Crippen LogP contribution in [-0.4, -0.2) is 55.7 Å². The van der Waals surface area contributed by atoms with Crippen molar-refractivity contribution < 1.29 is 17.5 Å². The number of nitro groups is 1. The van der Waals surface area contributed by atoms with Crippen molar-refractivity contribution in [3.63, 3.8) is 0 Å². The molecule has 3 aromatic rings. The molecule has 2 N–H and O–H groups in total. The summed E-state index contributed by atoms with van der Waals surface area (Å²) in [6.07, 6.45) is 0.906. The third-order valence-electron chi connectivity index (χ3n) is 4.99. The summed E-state index contributed by atoms with van der Waals surface area (Å²) in [5.74, 6) is -0.0127. The zero-order valence-corrected chi connectivity index (χ0v) is 18.3. The van der Waals surface area contributed by atoms with Crippen molar-refractivity contribution in [3.8, 4) is 5.75 Å². The zero-order valence-electron chi connectivity index (χ0n) is 17.5. The Kier molecular flexibility index (Phi) is 6.46. The minimum Gasteiger partial charge on any atom is -0.383 e. The van der Waals surface area contributed by atoms with Crippen molar-refractivity contribution in [1.82, 2.24) is 9.88 Å². The molecule has 31 heavy (non-hydrogen) atoms. The number of anilines is 1. The Morgan fingerprint density at radius 1 is 1.19 bits per heavy atom. The molecule has 11 heteroatoms. The van der Waals surface area contributed by atoms with E-state index in [1.807, 2.05) is 0 Å². The highest BCUT2D eigenvalue weighted by molar-refractivity contribution is 7.86. The van der Waals surface area contributed by atoms with Crippen LogP contribution in [0.1, 0.15) is 13.8 Å². The van der Waals surface area contributed by atoms with Gasteiger partial charge in [0.05, 0.1) is 22.1 Å². The predicted molar refractivity (Wildman–Crippen MR) is 120 cm³/mol. The summed E-state index contributed by atoms with van der Waals surface area (Å²) in [5, 5.41) is 15.0. The van der Waals surface area contributed by atoms with Crippen LogP contribution in [0.3, 0.4) is 0 Å². The van der Waals surface area contributed by atoms with Gasteiger partial charge in [-0.15, -0.1) is 0 Å². The molecule has 166 valence electrons. The largest absolute Gasteiger partial charge is 0.383 e. The van der Waals surface area contributed by atoms with Gasteiger partial charge in [0.1, 0.15) is 11.3 Å². The number of non-ortho nitro benzene ring substituents is 1. The third-order valence-corrected chi connectivity index (χ3v) is 5.48. The maximum Gasteiger partial charge on any atom is 0.306 e. The summed E-state index contributed by atoms with van der Waals surface area (Å²) in [4.78, 5) is 29.5. The number of aromatic amines is 1. The Balaban J connectivity index is 2.17. The summed E-state index contributed by atoms with van der Waals surface area (Å²) in [5.41, 5.74) is 0.218. The van der Waals surface area contributed by atoms with E-state index in [-0.39, 0.29) is 27.7 Å². The van der Waals surface area contributed by atoms with Crippen molar-refractivity contribution in [2.24, 2.45) is 0 Å². The second kappa shape index (κ2) is 8.90. The standard InChI is InChI=1S/C20H24N4O6S/c1-4-23(5-2)11-10-21-16-8-9-17(24(26)27)19-18(16)20(25)14-12-13(30-31(3,28)29)6-7-15(14)22-19/h6-9,12,21H,4-5,10-11H2,1-3H3,(H,22,25). The molecule has 0 saturated heterocycles. The number of benzene rings is 2. The van der Waals surface area contributed by atoms with Crippen molar-refractivity contribution in [3.05, 3.63) is 50.7 Å². The quantitative estimate of drug-likeness (QED) is 0.221. The van der Waals surface area contributed by atoms with Crippen LogP contribution in [0.2, 0.25) is 0 Å². The molecule has 0 atom stereocenters. The molecule has 0 bridgehead atoms. The van der Waals surface area contributed by atoms with E-state index in [9.17, 15) is 23.3 Å². The van der Waals surface area contributed by atoms with E-state index in [4.69, 9.17) is 4.18 Å². The highest BCUT2D eigenvalue weighted by Gasteiger charge is 2.20. The second-order valence-corrected chi connectivity index (χ2v) is 8.62. The Hall–Kier alpha value is -3.18. The number of nitrogens with one attached hydrogen (secondary N) is 2. The number of nitrogens with zero attached hydrogens (tertiary/aromatic N) is 2. The number of H-pyrrole nitrogens is 1. The smallest absolute Gasteiger partial charge is 0.306 e. The number of pyridine rings is 1. The number of nitro benzene ring substituents is 1. The van der Waals surface area contributed by atoms with E-state index < -0.39 is 20.5 Å². The first-order valence-corrected chi connectivity index (χ1v) is 11.6. The van der Waals surface area contributed by atoms with Crippen LogP contribution >= 0.6 is 0 Å². The van der Waals surface area contributed by atoms with Crippen LogP contribution in [0.15, 0.2) is 35.1 Å². The lowest BCUT2D eigenvalue weighted by atomic mass is 10.1. The first-order valence-electron chi connectivity index (χ1n) is 9.77. The molecular weight excluding hydrogens is 424 g/mol. The summed E-state index contributed by atoms with van der Waals surface area (Å²) in [6, 6.07) is 7.02. The molecule has 2 aromatic carbocycles. The number of likely N-dealkylation sites (N-methyl/N-ethyl adjacent to an activating group) is 1. The predicted octanol–water partition coefficient (Wildman–Crippen LogP) is 2.68. The number of aromatic nitrogens is 1. The monoisotopic (exact) mass is 448 g/mol. The lowest BCUT2D eigenvalue weighted by molar-refractivity contribution is -0.383. The van der Waals surface area contributed by atoms with E-state index in [0.29, 0.717) is 17.7 Å². The first-order chi connectivity index (χ1) is 14.6. The lowest BCUT2D eigenvalue weighted by Crippen LogP contribution is -2.28. The van der Waals surface area contributed by atoms with E-state index in [1.54, 1.807) is 0 Å². The molecule has 0 aliphatic rings. The molecule has 10 nitrogen and oxygen atoms in total. The zero-order chi connectivity index (χ0) is 22.8. The topological polar surface area (TPSA) is 135 Å². The Morgan fingerprint density at radius 2 is 1.90 bits per heavy atom.